The molecule has 0 aromatic heterocycles. The van der Waals surface area contributed by atoms with Gasteiger partial charge in [0.2, 0.25) is 0 Å². The van der Waals surface area contributed by atoms with Gasteiger partial charge >= 0.3 is 5.97 Å². The van der Waals surface area contributed by atoms with Gasteiger partial charge in [-0.3, -0.25) is 4.79 Å². The van der Waals surface area contributed by atoms with Crippen LogP contribution < -0.4 is 0 Å². The van der Waals surface area contributed by atoms with Crippen molar-refractivity contribution in [3.05, 3.63) is 23.8 Å². The Balaban J connectivity index is 2.53. The van der Waals surface area contributed by atoms with Crippen molar-refractivity contribution in [1.29, 1.82) is 0 Å². The van der Waals surface area contributed by atoms with Crippen molar-refractivity contribution in [2.75, 3.05) is 6.61 Å². The summed E-state index contributed by atoms with van der Waals surface area (Å²) >= 11 is 0. The molecule has 0 saturated heterocycles. The highest BCUT2D eigenvalue weighted by atomic mass is 16.5. The van der Waals surface area contributed by atoms with Crippen LogP contribution in [0.25, 0.3) is 0 Å². The average Bonchev–Trinajstić information content (AvgIpc) is 2.36. The summed E-state index contributed by atoms with van der Waals surface area (Å²) in [5.41, 5.74) is 0.721. The van der Waals surface area contributed by atoms with Gasteiger partial charge in [0.1, 0.15) is 0 Å². The first kappa shape index (κ1) is 8.71. The van der Waals surface area contributed by atoms with E-state index in [0.29, 0.717) is 13.0 Å². The van der Waals surface area contributed by atoms with Gasteiger partial charge in [0.05, 0.1) is 6.61 Å². The predicted octanol–water partition coefficient (Wildman–Crippen LogP) is 1.00. The largest absolute Gasteiger partial charge is 0.463 e. The number of ketones is 1. The molecule has 64 valence electrons. The monoisotopic (exact) mass is 166 g/mol. The fourth-order valence-electron chi connectivity index (χ4n) is 0.953. The van der Waals surface area contributed by atoms with Crippen molar-refractivity contribution in [3.8, 4) is 0 Å². The quantitative estimate of drug-likeness (QED) is 0.454. The van der Waals surface area contributed by atoms with Crippen molar-refractivity contribution < 1.29 is 14.3 Å². The molecule has 0 aliphatic heterocycles. The Morgan fingerprint density at radius 1 is 1.67 bits per heavy atom. The predicted molar refractivity (Wildman–Crippen MR) is 43.5 cm³/mol. The Hall–Kier alpha value is -1.38. The molecule has 0 aromatic carbocycles. The van der Waals surface area contributed by atoms with Crippen molar-refractivity contribution in [2.45, 2.75) is 13.3 Å². The summed E-state index contributed by atoms with van der Waals surface area (Å²) < 4.78 is 4.68. The first-order chi connectivity index (χ1) is 5.72. The number of allylic oxidation sites excluding steroid dienone is 3. The lowest BCUT2D eigenvalue weighted by Gasteiger charge is -1.95. The van der Waals surface area contributed by atoms with Crippen LogP contribution in [0.15, 0.2) is 23.8 Å². The van der Waals surface area contributed by atoms with Crippen molar-refractivity contribution in [1.82, 2.24) is 0 Å². The maximum absolute atomic E-state index is 10.9. The zero-order valence-electron chi connectivity index (χ0n) is 6.87. The number of carbonyl (C=O) groups is 2. The lowest BCUT2D eigenvalue weighted by Crippen LogP contribution is -2.00. The molecule has 3 nitrogen and oxygen atoms in total. The Bertz CT molecular complexity index is 261. The zero-order valence-corrected chi connectivity index (χ0v) is 6.87. The summed E-state index contributed by atoms with van der Waals surface area (Å²) in [7, 11) is 0. The molecule has 1 rings (SSSR count). The topological polar surface area (TPSA) is 43.4 Å². The van der Waals surface area contributed by atoms with Gasteiger partial charge in [0.25, 0.3) is 0 Å². The third-order valence-electron chi connectivity index (χ3n) is 1.45. The van der Waals surface area contributed by atoms with Gasteiger partial charge in [-0.2, -0.15) is 0 Å². The van der Waals surface area contributed by atoms with Crippen LogP contribution in [0.4, 0.5) is 0 Å². The molecule has 1 aliphatic carbocycles. The molecule has 12 heavy (non-hydrogen) atoms. The van der Waals surface area contributed by atoms with Gasteiger partial charge in [-0.1, -0.05) is 6.08 Å². The third kappa shape index (κ3) is 2.34. The van der Waals surface area contributed by atoms with Crippen LogP contribution in [0.3, 0.4) is 0 Å². The van der Waals surface area contributed by atoms with Crippen LogP contribution in [0.5, 0.6) is 0 Å². The number of esters is 1. The van der Waals surface area contributed by atoms with Gasteiger partial charge in [0, 0.05) is 12.5 Å². The summed E-state index contributed by atoms with van der Waals surface area (Å²) in [4.78, 5) is 21.6. The molecule has 0 atom stereocenters. The lowest BCUT2D eigenvalue weighted by molar-refractivity contribution is -0.137. The molecule has 0 spiro atoms. The van der Waals surface area contributed by atoms with Crippen LogP contribution in [-0.4, -0.2) is 18.4 Å². The summed E-state index contributed by atoms with van der Waals surface area (Å²) in [6, 6.07) is 0. The Labute approximate surface area is 70.7 Å². The van der Waals surface area contributed by atoms with E-state index in [4.69, 9.17) is 0 Å². The Kier molecular flexibility index (Phi) is 2.80. The summed E-state index contributed by atoms with van der Waals surface area (Å²) in [6.45, 7) is 2.10. The van der Waals surface area contributed by atoms with Crippen LogP contribution >= 0.6 is 0 Å². The molecule has 0 saturated carbocycles. The van der Waals surface area contributed by atoms with Crippen LogP contribution in [0, 0.1) is 0 Å². The van der Waals surface area contributed by atoms with E-state index in [0.717, 1.165) is 5.57 Å². The fraction of sp³-hybridized carbons (Fsp3) is 0.333. The Morgan fingerprint density at radius 3 is 2.92 bits per heavy atom. The molecule has 0 heterocycles. The first-order valence-corrected chi connectivity index (χ1v) is 3.80. The Morgan fingerprint density at radius 2 is 2.42 bits per heavy atom. The van der Waals surface area contributed by atoms with Crippen LogP contribution in [0.1, 0.15) is 13.3 Å². The van der Waals surface area contributed by atoms with E-state index in [1.165, 1.54) is 12.2 Å². The second kappa shape index (κ2) is 3.85. The molecule has 0 fully saturated rings. The fourth-order valence-corrected chi connectivity index (χ4v) is 0.953. The summed E-state index contributed by atoms with van der Waals surface area (Å²) in [5.74, 6) is -0.350. The van der Waals surface area contributed by atoms with E-state index in [1.54, 1.807) is 13.0 Å². The smallest absolute Gasteiger partial charge is 0.331 e. The maximum atomic E-state index is 10.9. The van der Waals surface area contributed by atoms with E-state index < -0.39 is 0 Å². The number of rotatable bonds is 2. The second-order valence-corrected chi connectivity index (χ2v) is 2.45. The van der Waals surface area contributed by atoms with Crippen molar-refractivity contribution >= 4 is 11.8 Å². The number of hydrogen-bond donors (Lipinski definition) is 0. The van der Waals surface area contributed by atoms with Crippen molar-refractivity contribution in [3.63, 3.8) is 0 Å². The molecular formula is C9H10O3. The maximum Gasteiger partial charge on any atom is 0.331 e. The highest BCUT2D eigenvalue weighted by Gasteiger charge is 2.09. The molecule has 0 aromatic rings. The minimum atomic E-state index is -0.383. The highest BCUT2D eigenvalue weighted by molar-refractivity contribution is 5.97. The molecule has 0 N–H and O–H groups in total. The molecular weight excluding hydrogens is 156 g/mol. The number of hydrogen-bond acceptors (Lipinski definition) is 3. The molecule has 0 radical (unpaired) electrons. The van der Waals surface area contributed by atoms with Crippen molar-refractivity contribution in [2.24, 2.45) is 0 Å². The highest BCUT2D eigenvalue weighted by Crippen LogP contribution is 2.12. The van der Waals surface area contributed by atoms with E-state index in [-0.39, 0.29) is 11.8 Å². The minimum absolute atomic E-state index is 0.0329. The SMILES string of the molecule is CCOC(=O)/C=C1\C=CC(=O)C1. The molecule has 0 unspecified atom stereocenters. The summed E-state index contributed by atoms with van der Waals surface area (Å²) in [5, 5.41) is 0. The molecule has 1 aliphatic rings. The average molecular weight is 166 g/mol. The van der Waals surface area contributed by atoms with Gasteiger partial charge in [-0.05, 0) is 18.6 Å². The minimum Gasteiger partial charge on any atom is -0.463 e. The summed E-state index contributed by atoms with van der Waals surface area (Å²) in [6.07, 6.45) is 4.77. The number of ether oxygens (including phenoxy) is 1. The van der Waals surface area contributed by atoms with Gasteiger partial charge in [0.15, 0.2) is 5.78 Å². The lowest BCUT2D eigenvalue weighted by atomic mass is 10.2. The van der Waals surface area contributed by atoms with Gasteiger partial charge in [-0.15, -0.1) is 0 Å². The molecule has 0 bridgehead atoms. The third-order valence-corrected chi connectivity index (χ3v) is 1.45. The second-order valence-electron chi connectivity index (χ2n) is 2.45. The molecule has 3 heteroatoms. The first-order valence-electron chi connectivity index (χ1n) is 3.80. The van der Waals surface area contributed by atoms with Crippen LogP contribution in [0.2, 0.25) is 0 Å². The van der Waals surface area contributed by atoms with Crippen LogP contribution in [-0.2, 0) is 14.3 Å². The standard InChI is InChI=1S/C9H10O3/c1-2-12-9(11)6-7-3-4-8(10)5-7/h3-4,6H,2,5H2,1H3/b7-6+. The normalized spacial score (nSPS) is 18.8. The van der Waals surface area contributed by atoms with E-state index in [1.807, 2.05) is 0 Å². The van der Waals surface area contributed by atoms with E-state index in [9.17, 15) is 9.59 Å². The van der Waals surface area contributed by atoms with E-state index >= 15 is 0 Å². The van der Waals surface area contributed by atoms with E-state index in [2.05, 4.69) is 4.74 Å². The number of carbonyl (C=O) groups excluding carboxylic acids is 2. The zero-order chi connectivity index (χ0) is 8.97. The van der Waals surface area contributed by atoms with Gasteiger partial charge in [-0.25, -0.2) is 4.79 Å². The van der Waals surface area contributed by atoms with Gasteiger partial charge < -0.3 is 4.74 Å². The molecule has 0 amide bonds.